The van der Waals surface area contributed by atoms with Crippen LogP contribution < -0.4 is 30.6 Å². The van der Waals surface area contributed by atoms with Crippen molar-refractivity contribution < 1.29 is 14.2 Å². The van der Waals surface area contributed by atoms with Crippen molar-refractivity contribution in [3.05, 3.63) is 126 Å². The second-order valence-corrected chi connectivity index (χ2v) is 11.6. The normalized spacial score (nSPS) is 12.4. The Morgan fingerprint density at radius 2 is 1.32 bits per heavy atom. The largest absolute Gasteiger partial charge is 0.458 e. The van der Waals surface area contributed by atoms with Crippen molar-refractivity contribution in [2.24, 2.45) is 0 Å². The summed E-state index contributed by atoms with van der Waals surface area (Å²) in [5, 5.41) is 0. The Morgan fingerprint density at radius 3 is 2.05 bits per heavy atom. The molecule has 0 spiro atoms. The van der Waals surface area contributed by atoms with E-state index in [9.17, 15) is 0 Å². The van der Waals surface area contributed by atoms with Crippen LogP contribution in [0, 0.1) is 27.7 Å². The van der Waals surface area contributed by atoms with Gasteiger partial charge in [0.15, 0.2) is 0 Å². The van der Waals surface area contributed by atoms with Crippen LogP contribution in [0.3, 0.4) is 0 Å². The monoisotopic (exact) mass is 572 g/mol. The van der Waals surface area contributed by atoms with Gasteiger partial charge in [0.2, 0.25) is 5.88 Å². The fourth-order valence-corrected chi connectivity index (χ4v) is 6.69. The average Bonchev–Trinajstić information content (AvgIpc) is 3.03. The summed E-state index contributed by atoms with van der Waals surface area (Å²) in [4.78, 5) is 9.16. The quantitative estimate of drug-likeness (QED) is 0.204. The molecule has 2 aliphatic rings. The number of aromatic nitrogens is 2. The molecule has 2 aliphatic heterocycles. The number of fused-ring (bicyclic) bond motifs is 4. The van der Waals surface area contributed by atoms with E-state index in [-0.39, 0.29) is 6.71 Å². The summed E-state index contributed by atoms with van der Waals surface area (Å²) in [7, 11) is 0. The highest BCUT2D eigenvalue weighted by atomic mass is 16.5. The molecule has 212 valence electrons. The van der Waals surface area contributed by atoms with Crippen molar-refractivity contribution in [2.75, 3.05) is 0 Å². The Balaban J connectivity index is 1.29. The first-order valence-corrected chi connectivity index (χ1v) is 14.8. The van der Waals surface area contributed by atoms with Crippen LogP contribution in [0.2, 0.25) is 0 Å². The zero-order valence-electron chi connectivity index (χ0n) is 25.0. The van der Waals surface area contributed by atoms with Gasteiger partial charge in [-0.2, -0.15) is 0 Å². The summed E-state index contributed by atoms with van der Waals surface area (Å²) in [5.41, 5.74) is 12.2. The first-order chi connectivity index (χ1) is 21.4. The molecular weight excluding hydrogens is 543 g/mol. The maximum Gasteiger partial charge on any atom is 0.260 e. The molecule has 6 aromatic rings. The molecule has 0 radical (unpaired) electrons. The maximum absolute atomic E-state index is 6.62. The van der Waals surface area contributed by atoms with Gasteiger partial charge in [0.05, 0.1) is 5.69 Å². The van der Waals surface area contributed by atoms with Gasteiger partial charge in [-0.1, -0.05) is 30.3 Å². The summed E-state index contributed by atoms with van der Waals surface area (Å²) in [6.45, 7) is 8.40. The number of rotatable bonds is 4. The lowest BCUT2D eigenvalue weighted by atomic mass is 9.34. The van der Waals surface area contributed by atoms with E-state index in [4.69, 9.17) is 19.2 Å². The Labute approximate surface area is 257 Å². The molecule has 0 bridgehead atoms. The molecule has 0 amide bonds. The van der Waals surface area contributed by atoms with Gasteiger partial charge in [0, 0.05) is 23.9 Å². The van der Waals surface area contributed by atoms with Gasteiger partial charge in [-0.05, 0) is 132 Å². The van der Waals surface area contributed by atoms with Gasteiger partial charge in [-0.25, -0.2) is 4.98 Å². The lowest BCUT2D eigenvalue weighted by Crippen LogP contribution is -2.57. The van der Waals surface area contributed by atoms with Crippen molar-refractivity contribution in [3.63, 3.8) is 0 Å². The summed E-state index contributed by atoms with van der Waals surface area (Å²) in [6.07, 6.45) is 3.63. The van der Waals surface area contributed by atoms with Crippen LogP contribution in [0.5, 0.6) is 34.6 Å². The molecule has 0 N–H and O–H groups in total. The minimum absolute atomic E-state index is 0.111. The minimum Gasteiger partial charge on any atom is -0.458 e. The minimum atomic E-state index is -0.111. The third kappa shape index (κ3) is 4.25. The molecule has 4 aromatic carbocycles. The Hall–Kier alpha value is -5.36. The van der Waals surface area contributed by atoms with Gasteiger partial charge in [-0.3, -0.25) is 4.98 Å². The van der Waals surface area contributed by atoms with E-state index in [0.717, 1.165) is 67.3 Å². The molecular formula is C38H29BN2O3. The van der Waals surface area contributed by atoms with Crippen LogP contribution in [0.4, 0.5) is 0 Å². The van der Waals surface area contributed by atoms with Crippen LogP contribution in [-0.2, 0) is 0 Å². The lowest BCUT2D eigenvalue weighted by molar-refractivity contribution is 0.452. The molecule has 4 heterocycles. The second kappa shape index (κ2) is 10.1. The van der Waals surface area contributed by atoms with Crippen molar-refractivity contribution in [3.8, 4) is 57.0 Å². The fraction of sp³-hybridized carbons (Fsp3) is 0.105. The predicted octanol–water partition coefficient (Wildman–Crippen LogP) is 7.56. The number of aryl methyl sites for hydroxylation is 4. The van der Waals surface area contributed by atoms with E-state index < -0.39 is 0 Å². The van der Waals surface area contributed by atoms with Crippen LogP contribution in [0.1, 0.15) is 22.3 Å². The third-order valence-electron chi connectivity index (χ3n) is 8.65. The van der Waals surface area contributed by atoms with Gasteiger partial charge in [0.1, 0.15) is 28.7 Å². The van der Waals surface area contributed by atoms with E-state index in [1.165, 1.54) is 16.7 Å². The topological polar surface area (TPSA) is 53.5 Å². The fourth-order valence-electron chi connectivity index (χ4n) is 6.69. The third-order valence-corrected chi connectivity index (χ3v) is 8.65. The number of pyridine rings is 2. The highest BCUT2D eigenvalue weighted by molar-refractivity contribution is 6.98. The van der Waals surface area contributed by atoms with Crippen molar-refractivity contribution in [1.82, 2.24) is 9.97 Å². The maximum atomic E-state index is 6.62. The number of ether oxygens (including phenoxy) is 3. The molecule has 5 nitrogen and oxygen atoms in total. The smallest absolute Gasteiger partial charge is 0.260 e. The summed E-state index contributed by atoms with van der Waals surface area (Å²) in [6, 6.07) is 30.9. The molecule has 0 aliphatic carbocycles. The number of nitrogens with zero attached hydrogens (tertiary/aromatic N) is 2. The lowest BCUT2D eigenvalue weighted by Gasteiger charge is -2.35. The van der Waals surface area contributed by atoms with Gasteiger partial charge in [-0.15, -0.1) is 0 Å². The molecule has 6 heteroatoms. The molecule has 0 saturated carbocycles. The number of benzene rings is 4. The van der Waals surface area contributed by atoms with E-state index in [0.29, 0.717) is 11.6 Å². The Kier molecular flexibility index (Phi) is 6.05. The highest BCUT2D eigenvalue weighted by Gasteiger charge is 2.42. The van der Waals surface area contributed by atoms with Crippen LogP contribution in [0.25, 0.3) is 22.4 Å². The molecule has 44 heavy (non-hydrogen) atoms. The molecule has 0 unspecified atom stereocenters. The second-order valence-electron chi connectivity index (χ2n) is 11.6. The molecule has 0 fully saturated rings. The van der Waals surface area contributed by atoms with Gasteiger partial charge < -0.3 is 14.2 Å². The summed E-state index contributed by atoms with van der Waals surface area (Å²) in [5.74, 6) is 4.59. The van der Waals surface area contributed by atoms with Crippen molar-refractivity contribution >= 4 is 23.1 Å². The molecule has 2 aromatic heterocycles. The summed E-state index contributed by atoms with van der Waals surface area (Å²) < 4.78 is 19.4. The average molecular weight is 572 g/mol. The molecule has 8 rings (SSSR count). The first-order valence-electron chi connectivity index (χ1n) is 14.8. The van der Waals surface area contributed by atoms with Crippen LogP contribution >= 0.6 is 0 Å². The highest BCUT2D eigenvalue weighted by Crippen LogP contribution is 2.40. The van der Waals surface area contributed by atoms with Crippen molar-refractivity contribution in [1.29, 1.82) is 0 Å². The van der Waals surface area contributed by atoms with Crippen LogP contribution in [0.15, 0.2) is 103 Å². The standard InChI is InChI=1S/C38H29BN2O3/c1-22-8-7-9-23(2)35(22)27-15-17-40-31(20-27)26-11-13-32-29(19-26)39-30-21-28(42-34-10-5-6-16-41-34)12-14-33(30)44-38-25(4)18-24(3)37(43-32)36(38)39/h5-21H,1-4H3. The zero-order chi connectivity index (χ0) is 29.9. The van der Waals surface area contributed by atoms with Gasteiger partial charge in [0.25, 0.3) is 6.71 Å². The Morgan fingerprint density at radius 1 is 0.591 bits per heavy atom. The zero-order valence-corrected chi connectivity index (χ0v) is 25.0. The predicted molar refractivity (Wildman–Crippen MR) is 176 cm³/mol. The molecule has 0 saturated heterocycles. The van der Waals surface area contributed by atoms with Gasteiger partial charge >= 0.3 is 0 Å². The summed E-state index contributed by atoms with van der Waals surface area (Å²) >= 11 is 0. The van der Waals surface area contributed by atoms with E-state index in [2.05, 4.69) is 93.3 Å². The Bertz CT molecular complexity index is 2070. The first kappa shape index (κ1) is 26.3. The van der Waals surface area contributed by atoms with E-state index >= 15 is 0 Å². The SMILES string of the molecule is Cc1cc(C)c2c3c1Oc1ccc(Oc4ccccn4)cc1B3c1cc(-c3cc(-c4c(C)cccc4C)ccn3)ccc1O2. The number of hydrogen-bond donors (Lipinski definition) is 0. The van der Waals surface area contributed by atoms with E-state index in [1.807, 2.05) is 36.5 Å². The van der Waals surface area contributed by atoms with E-state index in [1.54, 1.807) is 6.20 Å². The van der Waals surface area contributed by atoms with Crippen molar-refractivity contribution in [2.45, 2.75) is 27.7 Å². The number of hydrogen-bond acceptors (Lipinski definition) is 5. The van der Waals surface area contributed by atoms with Crippen LogP contribution in [-0.4, -0.2) is 16.7 Å². The molecule has 0 atom stereocenters.